The summed E-state index contributed by atoms with van der Waals surface area (Å²) < 4.78 is 11.5. The third-order valence-corrected chi connectivity index (χ3v) is 5.76. The predicted octanol–water partition coefficient (Wildman–Crippen LogP) is 2.41. The van der Waals surface area contributed by atoms with Gasteiger partial charge in [-0.3, -0.25) is 9.59 Å². The van der Waals surface area contributed by atoms with Gasteiger partial charge in [0.1, 0.15) is 5.75 Å². The molecule has 2 atom stereocenters. The molecule has 2 unspecified atom stereocenters. The Bertz CT molecular complexity index is 638. The van der Waals surface area contributed by atoms with E-state index in [1.165, 1.54) is 12.8 Å². The number of nitrogens with one attached hydrogen (secondary N) is 1. The van der Waals surface area contributed by atoms with Crippen molar-refractivity contribution in [3.63, 3.8) is 0 Å². The Labute approximate surface area is 154 Å². The van der Waals surface area contributed by atoms with Crippen LogP contribution in [-0.2, 0) is 9.53 Å². The molecule has 2 saturated carbocycles. The van der Waals surface area contributed by atoms with E-state index in [9.17, 15) is 9.59 Å². The maximum absolute atomic E-state index is 12.3. The van der Waals surface area contributed by atoms with Crippen LogP contribution >= 0.6 is 0 Å². The van der Waals surface area contributed by atoms with Crippen molar-refractivity contribution in [3.05, 3.63) is 29.8 Å². The molecule has 142 valence electrons. The molecule has 1 aromatic rings. The molecule has 0 heterocycles. The average Bonchev–Trinajstić information content (AvgIpc) is 3.14. The first-order valence-corrected chi connectivity index (χ1v) is 9.49. The second-order valence-corrected chi connectivity index (χ2v) is 7.23. The van der Waals surface area contributed by atoms with Crippen LogP contribution in [-0.4, -0.2) is 37.2 Å². The minimum atomic E-state index is -0.470. The van der Waals surface area contributed by atoms with Gasteiger partial charge in [-0.1, -0.05) is 12.8 Å². The van der Waals surface area contributed by atoms with Crippen LogP contribution in [0.5, 0.6) is 5.75 Å². The van der Waals surface area contributed by atoms with Crippen LogP contribution in [0.4, 0.5) is 0 Å². The molecule has 3 N–H and O–H groups in total. The van der Waals surface area contributed by atoms with Crippen molar-refractivity contribution in [2.75, 3.05) is 13.2 Å². The summed E-state index contributed by atoms with van der Waals surface area (Å²) in [5.41, 5.74) is 5.79. The van der Waals surface area contributed by atoms with Gasteiger partial charge in [0.25, 0.3) is 0 Å². The summed E-state index contributed by atoms with van der Waals surface area (Å²) in [4.78, 5) is 23.3. The number of primary amides is 1. The normalized spacial score (nSPS) is 23.4. The maximum Gasteiger partial charge on any atom is 0.248 e. The van der Waals surface area contributed by atoms with Crippen molar-refractivity contribution in [2.45, 2.75) is 57.6 Å². The minimum absolute atomic E-state index is 0.0185. The molecule has 0 aromatic heterocycles. The smallest absolute Gasteiger partial charge is 0.248 e. The highest BCUT2D eigenvalue weighted by Crippen LogP contribution is 2.54. The van der Waals surface area contributed by atoms with Crippen LogP contribution in [0.3, 0.4) is 0 Å². The van der Waals surface area contributed by atoms with Gasteiger partial charge in [-0.2, -0.15) is 0 Å². The molecular formula is C20H28N2O4. The number of carbonyl (C=O) groups excluding carboxylic acids is 2. The van der Waals surface area contributed by atoms with Crippen LogP contribution in [0, 0.1) is 5.41 Å². The number of amides is 2. The van der Waals surface area contributed by atoms with Crippen molar-refractivity contribution in [1.82, 2.24) is 5.32 Å². The van der Waals surface area contributed by atoms with Crippen LogP contribution in [0.1, 0.15) is 55.8 Å². The van der Waals surface area contributed by atoms with E-state index in [4.69, 9.17) is 15.2 Å². The van der Waals surface area contributed by atoms with E-state index >= 15 is 0 Å². The average molecular weight is 360 g/mol. The van der Waals surface area contributed by atoms with Crippen LogP contribution < -0.4 is 15.8 Å². The highest BCUT2D eigenvalue weighted by molar-refractivity contribution is 5.92. The molecule has 26 heavy (non-hydrogen) atoms. The number of ether oxygens (including phenoxy) is 2. The molecule has 2 aliphatic carbocycles. The summed E-state index contributed by atoms with van der Waals surface area (Å²) in [7, 11) is 0. The van der Waals surface area contributed by atoms with Gasteiger partial charge in [0.15, 0.2) is 0 Å². The van der Waals surface area contributed by atoms with E-state index in [0.717, 1.165) is 25.9 Å². The Morgan fingerprint density at radius 1 is 1.23 bits per heavy atom. The summed E-state index contributed by atoms with van der Waals surface area (Å²) in [6.07, 6.45) is 6.25. The van der Waals surface area contributed by atoms with E-state index in [-0.39, 0.29) is 17.4 Å². The summed E-state index contributed by atoms with van der Waals surface area (Å²) in [6.45, 7) is 3.06. The van der Waals surface area contributed by atoms with E-state index in [1.54, 1.807) is 24.3 Å². The lowest BCUT2D eigenvalue weighted by atomic mass is 9.60. The first-order chi connectivity index (χ1) is 12.5. The molecule has 1 spiro atoms. The SMILES string of the molecule is CCOC1CC(NC(=O)CCOc2ccc(C(N)=O)cc2)C12CCCC2. The first kappa shape index (κ1) is 18.7. The van der Waals surface area contributed by atoms with Crippen molar-refractivity contribution >= 4 is 11.8 Å². The number of rotatable bonds is 8. The van der Waals surface area contributed by atoms with Gasteiger partial charge >= 0.3 is 0 Å². The Hall–Kier alpha value is -2.08. The number of benzene rings is 1. The van der Waals surface area contributed by atoms with Gasteiger partial charge in [-0.15, -0.1) is 0 Å². The summed E-state index contributed by atoms with van der Waals surface area (Å²) >= 11 is 0. The summed E-state index contributed by atoms with van der Waals surface area (Å²) in [6, 6.07) is 6.82. The molecule has 6 nitrogen and oxygen atoms in total. The molecule has 2 aliphatic rings. The fourth-order valence-electron chi connectivity index (χ4n) is 4.33. The van der Waals surface area contributed by atoms with Crippen LogP contribution in [0.2, 0.25) is 0 Å². The van der Waals surface area contributed by atoms with E-state index in [0.29, 0.717) is 30.4 Å². The summed E-state index contributed by atoms with van der Waals surface area (Å²) in [5.74, 6) is 0.169. The van der Waals surface area contributed by atoms with E-state index in [2.05, 4.69) is 5.32 Å². The van der Waals surface area contributed by atoms with E-state index < -0.39 is 5.91 Å². The third-order valence-electron chi connectivity index (χ3n) is 5.76. The zero-order valence-corrected chi connectivity index (χ0v) is 15.3. The standard InChI is InChI=1S/C20H28N2O4/c1-2-25-17-13-16(20(17)10-3-4-11-20)22-18(23)9-12-26-15-7-5-14(6-8-15)19(21)24/h5-8,16-17H,2-4,9-13H2,1H3,(H2,21,24)(H,22,23). The van der Waals surface area contributed by atoms with Gasteiger partial charge in [0.05, 0.1) is 19.1 Å². The molecule has 2 amide bonds. The number of hydrogen-bond acceptors (Lipinski definition) is 4. The quantitative estimate of drug-likeness (QED) is 0.745. The first-order valence-electron chi connectivity index (χ1n) is 9.49. The summed E-state index contributed by atoms with van der Waals surface area (Å²) in [5, 5.41) is 3.19. The fourth-order valence-corrected chi connectivity index (χ4v) is 4.33. The van der Waals surface area contributed by atoms with Gasteiger partial charge in [-0.25, -0.2) is 0 Å². The molecule has 3 rings (SSSR count). The number of hydrogen-bond donors (Lipinski definition) is 2. The van der Waals surface area contributed by atoms with Crippen molar-refractivity contribution in [2.24, 2.45) is 11.1 Å². The number of nitrogens with two attached hydrogens (primary N) is 1. The molecule has 0 radical (unpaired) electrons. The monoisotopic (exact) mass is 360 g/mol. The molecule has 6 heteroatoms. The molecule has 2 fully saturated rings. The van der Waals surface area contributed by atoms with Crippen LogP contribution in [0.25, 0.3) is 0 Å². The molecule has 0 aliphatic heterocycles. The third kappa shape index (κ3) is 3.85. The van der Waals surface area contributed by atoms with Gasteiger partial charge in [0.2, 0.25) is 11.8 Å². The highest BCUT2D eigenvalue weighted by atomic mass is 16.5. The Kier molecular flexibility index (Phi) is 5.81. The molecule has 0 bridgehead atoms. The molecule has 1 aromatic carbocycles. The Balaban J connectivity index is 1.43. The zero-order valence-electron chi connectivity index (χ0n) is 15.3. The largest absolute Gasteiger partial charge is 0.493 e. The van der Waals surface area contributed by atoms with Crippen molar-refractivity contribution < 1.29 is 19.1 Å². The van der Waals surface area contributed by atoms with E-state index in [1.807, 2.05) is 6.92 Å². The molecule has 0 saturated heterocycles. The predicted molar refractivity (Wildman–Crippen MR) is 97.9 cm³/mol. The lowest BCUT2D eigenvalue weighted by molar-refractivity contribution is -0.144. The molecular weight excluding hydrogens is 332 g/mol. The lowest BCUT2D eigenvalue weighted by Crippen LogP contribution is -2.63. The fraction of sp³-hybridized carbons (Fsp3) is 0.600. The zero-order chi connectivity index (χ0) is 18.6. The van der Waals surface area contributed by atoms with Crippen LogP contribution in [0.15, 0.2) is 24.3 Å². The second kappa shape index (κ2) is 8.08. The van der Waals surface area contributed by atoms with Gasteiger partial charge < -0.3 is 20.5 Å². The van der Waals surface area contributed by atoms with Crippen molar-refractivity contribution in [3.8, 4) is 5.75 Å². The van der Waals surface area contributed by atoms with Gasteiger partial charge in [-0.05, 0) is 50.5 Å². The lowest BCUT2D eigenvalue weighted by Gasteiger charge is -2.54. The van der Waals surface area contributed by atoms with Crippen molar-refractivity contribution in [1.29, 1.82) is 0 Å². The Morgan fingerprint density at radius 3 is 2.54 bits per heavy atom. The topological polar surface area (TPSA) is 90.7 Å². The Morgan fingerprint density at radius 2 is 1.92 bits per heavy atom. The van der Waals surface area contributed by atoms with Gasteiger partial charge in [0, 0.05) is 23.6 Å². The number of carbonyl (C=O) groups is 2. The highest BCUT2D eigenvalue weighted by Gasteiger charge is 2.57. The minimum Gasteiger partial charge on any atom is -0.493 e. The maximum atomic E-state index is 12.3. The second-order valence-electron chi connectivity index (χ2n) is 7.23.